The van der Waals surface area contributed by atoms with Crippen LogP contribution in [0.15, 0.2) is 24.3 Å². The van der Waals surface area contributed by atoms with E-state index in [9.17, 15) is 26.4 Å². The number of hydrogen-bond acceptors (Lipinski definition) is 6. The second-order valence-electron chi connectivity index (χ2n) is 7.17. The molecule has 3 rings (SSSR count). The molecular weight excluding hydrogens is 479 g/mol. The summed E-state index contributed by atoms with van der Waals surface area (Å²) in [5.41, 5.74) is 0.821. The Kier molecular flexibility index (Phi) is 6.70. The molecule has 2 heterocycles. The molecule has 4 unspecified atom stereocenters. The van der Waals surface area contributed by atoms with Crippen molar-refractivity contribution in [2.45, 2.75) is 22.8 Å². The summed E-state index contributed by atoms with van der Waals surface area (Å²) in [6.07, 6.45) is 0. The minimum Gasteiger partial charge on any atom is -0.333 e. The van der Waals surface area contributed by atoms with Crippen molar-refractivity contribution >= 4 is 66.3 Å². The summed E-state index contributed by atoms with van der Waals surface area (Å²) in [4.78, 5) is 24.1. The van der Waals surface area contributed by atoms with Gasteiger partial charge in [-0.25, -0.2) is 26.4 Å². The van der Waals surface area contributed by atoms with E-state index in [1.807, 2.05) is 0 Å². The fourth-order valence-corrected chi connectivity index (χ4v) is 8.28. The highest BCUT2D eigenvalue weighted by Crippen LogP contribution is 2.20. The minimum absolute atomic E-state index is 0.181. The smallest absolute Gasteiger partial charge is 0.319 e. The lowest BCUT2D eigenvalue weighted by Gasteiger charge is -2.16. The molecule has 2 fully saturated rings. The summed E-state index contributed by atoms with van der Waals surface area (Å²) >= 11 is 11.9. The fraction of sp³-hybridized carbons (Fsp3) is 0.500. The number of anilines is 2. The molecule has 4 N–H and O–H groups in total. The Morgan fingerprint density at radius 2 is 1.03 bits per heavy atom. The first-order chi connectivity index (χ1) is 13.9. The number of urea groups is 2. The van der Waals surface area contributed by atoms with Gasteiger partial charge in [-0.05, 0) is 24.3 Å². The van der Waals surface area contributed by atoms with Gasteiger partial charge in [0.15, 0.2) is 19.7 Å². The molecule has 2 aliphatic heterocycles. The highest BCUT2D eigenvalue weighted by atomic mass is 35.5. The van der Waals surface area contributed by atoms with Gasteiger partial charge in [-0.15, -0.1) is 23.2 Å². The molecule has 1 aromatic carbocycles. The van der Waals surface area contributed by atoms with Gasteiger partial charge in [0.2, 0.25) is 0 Å². The van der Waals surface area contributed by atoms with Crippen LogP contribution in [-0.4, -0.2) is 74.7 Å². The number of halogens is 2. The van der Waals surface area contributed by atoms with Gasteiger partial charge < -0.3 is 21.3 Å². The number of alkyl halides is 2. The summed E-state index contributed by atoms with van der Waals surface area (Å²) < 4.78 is 46.2. The topological polar surface area (TPSA) is 151 Å². The molecule has 0 bridgehead atoms. The van der Waals surface area contributed by atoms with E-state index >= 15 is 0 Å². The largest absolute Gasteiger partial charge is 0.333 e. The van der Waals surface area contributed by atoms with Gasteiger partial charge in [0.05, 0.1) is 45.8 Å². The van der Waals surface area contributed by atoms with E-state index in [4.69, 9.17) is 23.2 Å². The fourth-order valence-electron chi connectivity index (χ4n) is 3.18. The van der Waals surface area contributed by atoms with Gasteiger partial charge in [-0.2, -0.15) is 0 Å². The second-order valence-corrected chi connectivity index (χ2v) is 12.6. The minimum atomic E-state index is -3.26. The molecular formula is C16H20Cl2N4O6S2. The van der Waals surface area contributed by atoms with Crippen molar-refractivity contribution in [3.05, 3.63) is 24.3 Å². The third kappa shape index (κ3) is 6.13. The quantitative estimate of drug-likeness (QED) is 0.449. The van der Waals surface area contributed by atoms with Crippen molar-refractivity contribution in [1.29, 1.82) is 0 Å². The first-order valence-electron chi connectivity index (χ1n) is 8.86. The first-order valence-corrected chi connectivity index (χ1v) is 13.4. The van der Waals surface area contributed by atoms with E-state index < -0.39 is 54.6 Å². The highest BCUT2D eigenvalue weighted by Gasteiger charge is 2.38. The lowest BCUT2D eigenvalue weighted by atomic mass is 10.2. The van der Waals surface area contributed by atoms with Gasteiger partial charge >= 0.3 is 12.1 Å². The molecule has 2 saturated heterocycles. The molecule has 0 spiro atoms. The number of amides is 4. The number of nitrogens with one attached hydrogen (secondary N) is 4. The lowest BCUT2D eigenvalue weighted by molar-refractivity contribution is 0.248. The monoisotopic (exact) mass is 498 g/mol. The summed E-state index contributed by atoms with van der Waals surface area (Å²) in [5.74, 6) is -0.783. The van der Waals surface area contributed by atoms with Gasteiger partial charge in [0.1, 0.15) is 0 Å². The molecule has 2 aliphatic rings. The van der Waals surface area contributed by atoms with Crippen molar-refractivity contribution in [1.82, 2.24) is 10.6 Å². The standard InChI is InChI=1S/C16H20Cl2N4O6S2/c17-11-5-29(25,26)7-13(11)21-15(23)19-9-1-2-10(4-3-9)20-16(24)22-14-8-30(27,28)6-12(14)18/h1-4,11-14H,5-8H2,(H2,19,21,23)(H2,20,22,24). The molecule has 4 amide bonds. The van der Waals surface area contributed by atoms with Gasteiger partial charge in [0, 0.05) is 11.4 Å². The third-order valence-electron chi connectivity index (χ3n) is 4.60. The van der Waals surface area contributed by atoms with E-state index in [1.54, 1.807) is 0 Å². The zero-order chi connectivity index (χ0) is 22.1. The maximum atomic E-state index is 12.0. The Balaban J connectivity index is 1.49. The van der Waals surface area contributed by atoms with Crippen molar-refractivity contribution in [2.75, 3.05) is 33.6 Å². The van der Waals surface area contributed by atoms with Crippen LogP contribution in [-0.2, 0) is 19.7 Å². The maximum absolute atomic E-state index is 12.0. The average molecular weight is 499 g/mol. The van der Waals surface area contributed by atoms with Crippen molar-refractivity contribution in [2.24, 2.45) is 0 Å². The van der Waals surface area contributed by atoms with Gasteiger partial charge in [0.25, 0.3) is 0 Å². The van der Waals surface area contributed by atoms with E-state index in [0.29, 0.717) is 11.4 Å². The molecule has 0 radical (unpaired) electrons. The van der Waals surface area contributed by atoms with Crippen LogP contribution in [0.2, 0.25) is 0 Å². The molecule has 14 heteroatoms. The zero-order valence-electron chi connectivity index (χ0n) is 15.5. The summed E-state index contributed by atoms with van der Waals surface area (Å²) in [5, 5.41) is 8.79. The third-order valence-corrected chi connectivity index (χ3v) is 9.35. The van der Waals surface area contributed by atoms with Crippen LogP contribution < -0.4 is 21.3 Å². The average Bonchev–Trinajstić information content (AvgIpc) is 3.01. The van der Waals surface area contributed by atoms with Crippen LogP contribution >= 0.6 is 23.2 Å². The Morgan fingerprint density at radius 3 is 1.30 bits per heavy atom. The maximum Gasteiger partial charge on any atom is 0.319 e. The number of rotatable bonds is 4. The van der Waals surface area contributed by atoms with Crippen molar-refractivity contribution < 1.29 is 26.4 Å². The zero-order valence-corrected chi connectivity index (χ0v) is 18.6. The van der Waals surface area contributed by atoms with Crippen LogP contribution in [0.25, 0.3) is 0 Å². The van der Waals surface area contributed by atoms with E-state index in [0.717, 1.165) is 0 Å². The van der Waals surface area contributed by atoms with Crippen molar-refractivity contribution in [3.63, 3.8) is 0 Å². The van der Waals surface area contributed by atoms with E-state index in [-0.39, 0.29) is 23.0 Å². The van der Waals surface area contributed by atoms with Crippen LogP contribution in [0.4, 0.5) is 21.0 Å². The summed E-state index contributed by atoms with van der Waals surface area (Å²) in [6.45, 7) is 0. The predicted molar refractivity (Wildman–Crippen MR) is 115 cm³/mol. The van der Waals surface area contributed by atoms with E-state index in [2.05, 4.69) is 21.3 Å². The molecule has 30 heavy (non-hydrogen) atoms. The molecule has 0 aliphatic carbocycles. The molecule has 166 valence electrons. The molecule has 4 atom stereocenters. The summed E-state index contributed by atoms with van der Waals surface area (Å²) in [6, 6.07) is 3.57. The molecule has 0 saturated carbocycles. The number of hydrogen-bond donors (Lipinski definition) is 4. The normalized spacial score (nSPS) is 29.1. The van der Waals surface area contributed by atoms with Crippen LogP contribution in [0.5, 0.6) is 0 Å². The number of sulfone groups is 2. The first kappa shape index (κ1) is 22.9. The van der Waals surface area contributed by atoms with Gasteiger partial charge in [-0.3, -0.25) is 0 Å². The Morgan fingerprint density at radius 1 is 0.700 bits per heavy atom. The van der Waals surface area contributed by atoms with Gasteiger partial charge in [-0.1, -0.05) is 0 Å². The number of benzene rings is 1. The summed E-state index contributed by atoms with van der Waals surface area (Å²) in [7, 11) is -6.52. The number of carbonyl (C=O) groups excluding carboxylic acids is 2. The van der Waals surface area contributed by atoms with E-state index in [1.165, 1.54) is 24.3 Å². The Labute approximate surface area is 183 Å². The van der Waals surface area contributed by atoms with Crippen molar-refractivity contribution in [3.8, 4) is 0 Å². The second kappa shape index (κ2) is 8.77. The lowest BCUT2D eigenvalue weighted by Crippen LogP contribution is -2.43. The van der Waals surface area contributed by atoms with Crippen LogP contribution in [0.1, 0.15) is 0 Å². The highest BCUT2D eigenvalue weighted by molar-refractivity contribution is 7.92. The predicted octanol–water partition coefficient (Wildman–Crippen LogP) is 0.738. The van der Waals surface area contributed by atoms with Crippen LogP contribution in [0, 0.1) is 0 Å². The van der Waals surface area contributed by atoms with Crippen LogP contribution in [0.3, 0.4) is 0 Å². The molecule has 1 aromatic rings. The molecule has 0 aromatic heterocycles. The SMILES string of the molecule is O=C(Nc1ccc(NC(=O)NC2CS(=O)(=O)CC2Cl)cc1)NC1CS(=O)(=O)CC1Cl. The Bertz CT molecular complexity index is 949. The molecule has 10 nitrogen and oxygen atoms in total. The number of carbonyl (C=O) groups is 2. The Hall–Kier alpha value is -1.76.